The average Bonchev–Trinajstić information content (AvgIpc) is 2.62. The van der Waals surface area contributed by atoms with Crippen molar-refractivity contribution in [2.45, 2.75) is 38.0 Å². The highest BCUT2D eigenvalue weighted by Gasteiger charge is 2.34. The predicted octanol–water partition coefficient (Wildman–Crippen LogP) is 4.10. The lowest BCUT2D eigenvalue weighted by Gasteiger charge is -2.38. The van der Waals surface area contributed by atoms with E-state index in [-0.39, 0.29) is 17.9 Å². The van der Waals surface area contributed by atoms with Crippen LogP contribution in [0.3, 0.4) is 0 Å². The largest absolute Gasteiger partial charge is 0.471 e. The molecule has 1 aromatic carbocycles. The normalized spacial score (nSPS) is 14.7. The number of alkyl halides is 3. The monoisotopic (exact) mass is 378 g/mol. The van der Waals surface area contributed by atoms with Gasteiger partial charge in [0.15, 0.2) is 0 Å². The lowest BCUT2D eigenvalue weighted by molar-refractivity contribution is -0.140. The number of carbonyl (C=O) groups is 1. The molecule has 0 aliphatic carbocycles. The molecular weight excluding hydrogens is 357 g/mol. The molecule has 0 spiro atoms. The van der Waals surface area contributed by atoms with Crippen molar-refractivity contribution in [2.24, 2.45) is 0 Å². The number of halogens is 3. The third-order valence-electron chi connectivity index (χ3n) is 4.50. The number of carbonyl (C=O) groups excluding carboxylic acids is 1. The van der Waals surface area contributed by atoms with Crippen LogP contribution >= 0.6 is 0 Å². The standard InChI is InChI=1S/C20H21F3N2O2/c21-20(22,23)16-10-11-24-18(12-16)27-17-13-25(14-17)19(26)9-5-4-8-15-6-2-1-3-7-15/h1-3,6-7,10-12,17H,4-5,8-9,13-14H2. The summed E-state index contributed by atoms with van der Waals surface area (Å²) in [5.41, 5.74) is 0.467. The molecule has 0 radical (unpaired) electrons. The van der Waals surface area contributed by atoms with Gasteiger partial charge in [-0.25, -0.2) is 4.98 Å². The molecule has 1 amide bonds. The maximum absolute atomic E-state index is 12.7. The second kappa shape index (κ2) is 8.41. The zero-order valence-corrected chi connectivity index (χ0v) is 14.8. The first-order chi connectivity index (χ1) is 12.9. The Morgan fingerprint density at radius 2 is 1.89 bits per heavy atom. The number of hydrogen-bond donors (Lipinski definition) is 0. The summed E-state index contributed by atoms with van der Waals surface area (Å²) in [4.78, 5) is 17.6. The summed E-state index contributed by atoms with van der Waals surface area (Å²) in [5, 5.41) is 0. The zero-order chi connectivity index (χ0) is 19.3. The molecule has 1 aliphatic heterocycles. The second-order valence-corrected chi connectivity index (χ2v) is 6.61. The fourth-order valence-electron chi connectivity index (χ4n) is 2.95. The molecule has 0 unspecified atom stereocenters. The Morgan fingerprint density at radius 3 is 2.59 bits per heavy atom. The number of benzene rings is 1. The number of likely N-dealkylation sites (tertiary alicyclic amines) is 1. The van der Waals surface area contributed by atoms with Gasteiger partial charge < -0.3 is 9.64 Å². The third kappa shape index (κ3) is 5.45. The highest BCUT2D eigenvalue weighted by atomic mass is 19.4. The van der Waals surface area contributed by atoms with Crippen molar-refractivity contribution in [1.29, 1.82) is 0 Å². The fourth-order valence-corrected chi connectivity index (χ4v) is 2.95. The van der Waals surface area contributed by atoms with Crippen LogP contribution in [0.2, 0.25) is 0 Å². The highest BCUT2D eigenvalue weighted by molar-refractivity contribution is 5.77. The van der Waals surface area contributed by atoms with E-state index in [1.165, 1.54) is 5.56 Å². The fraction of sp³-hybridized carbons (Fsp3) is 0.400. The quantitative estimate of drug-likeness (QED) is 0.681. The first-order valence-corrected chi connectivity index (χ1v) is 8.93. The summed E-state index contributed by atoms with van der Waals surface area (Å²) in [6.45, 7) is 0.769. The molecular formula is C20H21F3N2O2. The lowest BCUT2D eigenvalue weighted by Crippen LogP contribution is -2.56. The van der Waals surface area contributed by atoms with Gasteiger partial charge >= 0.3 is 6.18 Å². The highest BCUT2D eigenvalue weighted by Crippen LogP contribution is 2.31. The number of amides is 1. The Labute approximate surface area is 156 Å². The van der Waals surface area contributed by atoms with Crippen LogP contribution in [0.15, 0.2) is 48.7 Å². The Morgan fingerprint density at radius 1 is 1.15 bits per heavy atom. The molecule has 0 N–H and O–H groups in total. The van der Waals surface area contributed by atoms with Crippen LogP contribution in [0.1, 0.15) is 30.4 Å². The molecule has 2 heterocycles. The van der Waals surface area contributed by atoms with Gasteiger partial charge in [0, 0.05) is 18.7 Å². The van der Waals surface area contributed by atoms with Gasteiger partial charge in [-0.1, -0.05) is 30.3 Å². The molecule has 0 saturated carbocycles. The Bertz CT molecular complexity index is 759. The molecule has 27 heavy (non-hydrogen) atoms. The van der Waals surface area contributed by atoms with Gasteiger partial charge in [-0.05, 0) is 30.9 Å². The summed E-state index contributed by atoms with van der Waals surface area (Å²) >= 11 is 0. The van der Waals surface area contributed by atoms with E-state index in [1.54, 1.807) is 4.90 Å². The van der Waals surface area contributed by atoms with E-state index in [0.717, 1.165) is 37.6 Å². The van der Waals surface area contributed by atoms with E-state index in [4.69, 9.17) is 4.74 Å². The van der Waals surface area contributed by atoms with Crippen LogP contribution in [0.25, 0.3) is 0 Å². The van der Waals surface area contributed by atoms with Crippen LogP contribution in [-0.4, -0.2) is 35.0 Å². The van der Waals surface area contributed by atoms with E-state index < -0.39 is 11.7 Å². The van der Waals surface area contributed by atoms with Crippen molar-refractivity contribution in [3.63, 3.8) is 0 Å². The van der Waals surface area contributed by atoms with E-state index in [9.17, 15) is 18.0 Å². The Kier molecular flexibility index (Phi) is 5.98. The maximum atomic E-state index is 12.7. The van der Waals surface area contributed by atoms with Crippen LogP contribution in [0.4, 0.5) is 13.2 Å². The minimum atomic E-state index is -4.43. The molecule has 2 aromatic rings. The van der Waals surface area contributed by atoms with Gasteiger partial charge in [0.05, 0.1) is 18.7 Å². The molecule has 0 atom stereocenters. The van der Waals surface area contributed by atoms with E-state index in [2.05, 4.69) is 17.1 Å². The smallest absolute Gasteiger partial charge is 0.416 e. The van der Waals surface area contributed by atoms with E-state index >= 15 is 0 Å². The number of aryl methyl sites for hydroxylation is 1. The van der Waals surface area contributed by atoms with Crippen molar-refractivity contribution in [1.82, 2.24) is 9.88 Å². The van der Waals surface area contributed by atoms with Gasteiger partial charge in [0.25, 0.3) is 0 Å². The van der Waals surface area contributed by atoms with Crippen molar-refractivity contribution < 1.29 is 22.7 Å². The van der Waals surface area contributed by atoms with Crippen molar-refractivity contribution >= 4 is 5.91 Å². The molecule has 1 fully saturated rings. The van der Waals surface area contributed by atoms with Gasteiger partial charge in [0.1, 0.15) is 6.10 Å². The van der Waals surface area contributed by atoms with Crippen LogP contribution in [-0.2, 0) is 17.4 Å². The first kappa shape index (κ1) is 19.2. The second-order valence-electron chi connectivity index (χ2n) is 6.61. The summed E-state index contributed by atoms with van der Waals surface area (Å²) in [7, 11) is 0. The maximum Gasteiger partial charge on any atom is 0.416 e. The van der Waals surface area contributed by atoms with E-state index in [0.29, 0.717) is 19.5 Å². The molecule has 144 valence electrons. The number of aromatic nitrogens is 1. The van der Waals surface area contributed by atoms with Gasteiger partial charge in [0.2, 0.25) is 11.8 Å². The van der Waals surface area contributed by atoms with Crippen molar-refractivity contribution in [3.05, 3.63) is 59.8 Å². The van der Waals surface area contributed by atoms with Crippen molar-refractivity contribution in [3.8, 4) is 5.88 Å². The van der Waals surface area contributed by atoms with Crippen LogP contribution in [0.5, 0.6) is 5.88 Å². The SMILES string of the molecule is O=C(CCCCc1ccccc1)N1CC(Oc2cc(C(F)(F)F)ccn2)C1. The number of pyridine rings is 1. The van der Waals surface area contributed by atoms with E-state index in [1.807, 2.05) is 18.2 Å². The van der Waals surface area contributed by atoms with Crippen LogP contribution < -0.4 is 4.74 Å². The lowest BCUT2D eigenvalue weighted by atomic mass is 10.1. The topological polar surface area (TPSA) is 42.4 Å². The summed E-state index contributed by atoms with van der Waals surface area (Å²) in [5.74, 6) is -0.00954. The number of hydrogen-bond acceptors (Lipinski definition) is 3. The molecule has 1 aliphatic rings. The number of nitrogens with zero attached hydrogens (tertiary/aromatic N) is 2. The Balaban J connectivity index is 1.36. The molecule has 1 saturated heterocycles. The number of rotatable bonds is 7. The zero-order valence-electron chi connectivity index (χ0n) is 14.8. The summed E-state index contributed by atoms with van der Waals surface area (Å²) < 4.78 is 43.5. The predicted molar refractivity (Wildman–Crippen MR) is 94.2 cm³/mol. The van der Waals surface area contributed by atoms with Crippen LogP contribution in [0, 0.1) is 0 Å². The average molecular weight is 378 g/mol. The Hall–Kier alpha value is -2.57. The minimum absolute atomic E-state index is 0.0555. The van der Waals surface area contributed by atoms with Gasteiger partial charge in [-0.2, -0.15) is 13.2 Å². The molecule has 7 heteroatoms. The molecule has 3 rings (SSSR count). The molecule has 0 bridgehead atoms. The third-order valence-corrected chi connectivity index (χ3v) is 4.50. The molecule has 4 nitrogen and oxygen atoms in total. The minimum Gasteiger partial charge on any atom is -0.471 e. The number of unbranched alkanes of at least 4 members (excludes halogenated alkanes) is 1. The first-order valence-electron chi connectivity index (χ1n) is 8.93. The molecule has 1 aromatic heterocycles. The number of ether oxygens (including phenoxy) is 1. The summed E-state index contributed by atoms with van der Waals surface area (Å²) in [6, 6.07) is 11.9. The van der Waals surface area contributed by atoms with Gasteiger partial charge in [-0.3, -0.25) is 4.79 Å². The van der Waals surface area contributed by atoms with Crippen molar-refractivity contribution in [2.75, 3.05) is 13.1 Å². The van der Waals surface area contributed by atoms with Gasteiger partial charge in [-0.15, -0.1) is 0 Å². The summed E-state index contributed by atoms with van der Waals surface area (Å²) in [6.07, 6.45) is -0.491.